The highest BCUT2D eigenvalue weighted by atomic mass is 79.9. The summed E-state index contributed by atoms with van der Waals surface area (Å²) in [5.74, 6) is 0.633. The van der Waals surface area contributed by atoms with Crippen molar-refractivity contribution in [1.29, 1.82) is 0 Å². The summed E-state index contributed by atoms with van der Waals surface area (Å²) in [7, 11) is 0. The van der Waals surface area contributed by atoms with Gasteiger partial charge in [0.2, 0.25) is 0 Å². The highest BCUT2D eigenvalue weighted by molar-refractivity contribution is 9.09. The molecule has 1 aliphatic rings. The molecule has 0 spiro atoms. The molecule has 2 unspecified atom stereocenters. The molecule has 1 saturated heterocycles. The monoisotopic (exact) mass is 282 g/mol. The third kappa shape index (κ3) is 2.43. The number of rotatable bonds is 1. The average Bonchev–Trinajstić information content (AvgIpc) is 2.33. The van der Waals surface area contributed by atoms with E-state index in [1.165, 1.54) is 0 Å². The number of hydrogen-bond donors (Lipinski definition) is 0. The molecule has 0 aromatic carbocycles. The summed E-state index contributed by atoms with van der Waals surface area (Å²) in [6, 6.07) is 3.54. The molecule has 0 bridgehead atoms. The summed E-state index contributed by atoms with van der Waals surface area (Å²) < 4.78 is 0. The Bertz CT molecular complexity index is 369. The second-order valence-electron chi connectivity index (χ2n) is 4.27. The fourth-order valence-electron chi connectivity index (χ4n) is 1.98. The van der Waals surface area contributed by atoms with E-state index in [0.717, 1.165) is 25.1 Å². The molecule has 16 heavy (non-hydrogen) atoms. The van der Waals surface area contributed by atoms with Crippen molar-refractivity contribution in [3.8, 4) is 0 Å². The first-order valence-electron chi connectivity index (χ1n) is 5.52. The van der Waals surface area contributed by atoms with Crippen LogP contribution in [-0.4, -0.2) is 33.7 Å². The number of carbonyl (C=O) groups is 1. The average molecular weight is 283 g/mol. The Morgan fingerprint density at radius 2 is 2.19 bits per heavy atom. The van der Waals surface area contributed by atoms with Gasteiger partial charge in [0.15, 0.2) is 0 Å². The van der Waals surface area contributed by atoms with Gasteiger partial charge in [-0.05, 0) is 24.5 Å². The lowest BCUT2D eigenvalue weighted by Crippen LogP contribution is -2.43. The Balaban J connectivity index is 2.06. The summed E-state index contributed by atoms with van der Waals surface area (Å²) in [5.41, 5.74) is 0.732. The summed E-state index contributed by atoms with van der Waals surface area (Å²) in [4.78, 5) is 18.5. The highest BCUT2D eigenvalue weighted by Gasteiger charge is 2.27. The Morgan fingerprint density at radius 3 is 2.81 bits per heavy atom. The number of likely N-dealkylation sites (tertiary alicyclic amines) is 1. The van der Waals surface area contributed by atoms with Gasteiger partial charge in [0, 0.05) is 35.9 Å². The molecule has 86 valence electrons. The van der Waals surface area contributed by atoms with Gasteiger partial charge < -0.3 is 4.90 Å². The zero-order valence-corrected chi connectivity index (χ0v) is 10.9. The highest BCUT2D eigenvalue weighted by Crippen LogP contribution is 2.24. The molecule has 1 aromatic rings. The van der Waals surface area contributed by atoms with Gasteiger partial charge in [0.25, 0.3) is 5.91 Å². The summed E-state index contributed by atoms with van der Waals surface area (Å²) in [5, 5.41) is 0. The van der Waals surface area contributed by atoms with Gasteiger partial charge in [0.1, 0.15) is 0 Å². The van der Waals surface area contributed by atoms with Crippen LogP contribution in [0.15, 0.2) is 24.5 Å². The third-order valence-electron chi connectivity index (χ3n) is 3.02. The van der Waals surface area contributed by atoms with E-state index < -0.39 is 0 Å². The first-order chi connectivity index (χ1) is 7.68. The topological polar surface area (TPSA) is 33.2 Å². The lowest BCUT2D eigenvalue weighted by molar-refractivity contribution is 0.0690. The van der Waals surface area contributed by atoms with Crippen molar-refractivity contribution >= 4 is 21.8 Å². The number of pyridine rings is 1. The van der Waals surface area contributed by atoms with E-state index in [9.17, 15) is 4.79 Å². The minimum absolute atomic E-state index is 0.119. The van der Waals surface area contributed by atoms with Crippen LogP contribution in [-0.2, 0) is 0 Å². The summed E-state index contributed by atoms with van der Waals surface area (Å²) >= 11 is 3.64. The van der Waals surface area contributed by atoms with E-state index >= 15 is 0 Å². The van der Waals surface area contributed by atoms with Crippen molar-refractivity contribution in [1.82, 2.24) is 9.88 Å². The maximum absolute atomic E-state index is 12.1. The fourth-order valence-corrected chi connectivity index (χ4v) is 2.35. The lowest BCUT2D eigenvalue weighted by atomic mass is 9.99. The van der Waals surface area contributed by atoms with Crippen molar-refractivity contribution in [3.05, 3.63) is 30.1 Å². The minimum atomic E-state index is 0.119. The molecule has 2 atom stereocenters. The Hall–Kier alpha value is -0.900. The molecule has 0 saturated carbocycles. The Labute approximate surface area is 104 Å². The summed E-state index contributed by atoms with van der Waals surface area (Å²) in [6.07, 6.45) is 4.35. The Morgan fingerprint density at radius 1 is 1.50 bits per heavy atom. The van der Waals surface area contributed by atoms with E-state index in [2.05, 4.69) is 27.8 Å². The number of alkyl halides is 1. The summed E-state index contributed by atoms with van der Waals surface area (Å²) in [6.45, 7) is 3.84. The minimum Gasteiger partial charge on any atom is -0.338 e. The molecule has 4 heteroatoms. The predicted octanol–water partition coefficient (Wildman–Crippen LogP) is 2.33. The lowest BCUT2D eigenvalue weighted by Gasteiger charge is -2.34. The molecule has 0 aliphatic carbocycles. The van der Waals surface area contributed by atoms with Crippen LogP contribution >= 0.6 is 15.9 Å². The van der Waals surface area contributed by atoms with E-state index in [1.54, 1.807) is 24.5 Å². The molecule has 1 aliphatic heterocycles. The SMILES string of the molecule is CC1CN(C(=O)c2ccncc2)CCC1Br. The van der Waals surface area contributed by atoms with Gasteiger partial charge in [-0.15, -0.1) is 0 Å². The quantitative estimate of drug-likeness (QED) is 0.741. The van der Waals surface area contributed by atoms with Crippen LogP contribution in [0.5, 0.6) is 0 Å². The van der Waals surface area contributed by atoms with Gasteiger partial charge in [-0.25, -0.2) is 0 Å². The third-order valence-corrected chi connectivity index (χ3v) is 4.38. The molecular formula is C12H15BrN2O. The smallest absolute Gasteiger partial charge is 0.253 e. The fraction of sp³-hybridized carbons (Fsp3) is 0.500. The van der Waals surface area contributed by atoms with Gasteiger partial charge in [0.05, 0.1) is 0 Å². The Kier molecular flexibility index (Phi) is 3.59. The van der Waals surface area contributed by atoms with Crippen molar-refractivity contribution in [3.63, 3.8) is 0 Å². The van der Waals surface area contributed by atoms with Crippen LogP contribution in [0.25, 0.3) is 0 Å². The zero-order chi connectivity index (χ0) is 11.5. The molecule has 3 nitrogen and oxygen atoms in total. The molecule has 0 N–H and O–H groups in total. The van der Waals surface area contributed by atoms with Crippen molar-refractivity contribution in [2.45, 2.75) is 18.2 Å². The number of amides is 1. The van der Waals surface area contributed by atoms with Crippen LogP contribution in [0.3, 0.4) is 0 Å². The van der Waals surface area contributed by atoms with Gasteiger partial charge in [-0.1, -0.05) is 22.9 Å². The largest absolute Gasteiger partial charge is 0.338 e. The molecule has 1 fully saturated rings. The zero-order valence-electron chi connectivity index (χ0n) is 9.27. The molecule has 1 aromatic heterocycles. The number of halogens is 1. The van der Waals surface area contributed by atoms with Crippen LogP contribution in [0.1, 0.15) is 23.7 Å². The van der Waals surface area contributed by atoms with Crippen LogP contribution in [0, 0.1) is 5.92 Å². The maximum Gasteiger partial charge on any atom is 0.253 e. The van der Waals surface area contributed by atoms with E-state index in [0.29, 0.717) is 10.7 Å². The van der Waals surface area contributed by atoms with Crippen molar-refractivity contribution in [2.75, 3.05) is 13.1 Å². The van der Waals surface area contributed by atoms with Crippen molar-refractivity contribution in [2.24, 2.45) is 5.92 Å². The number of aromatic nitrogens is 1. The number of carbonyl (C=O) groups excluding carboxylic acids is 1. The second kappa shape index (κ2) is 4.95. The standard InChI is InChI=1S/C12H15BrN2O/c1-9-8-15(7-4-11(9)13)12(16)10-2-5-14-6-3-10/h2-3,5-6,9,11H,4,7-8H2,1H3. The molecule has 1 amide bonds. The van der Waals surface area contributed by atoms with Gasteiger partial charge in [-0.2, -0.15) is 0 Å². The number of nitrogens with zero attached hydrogens (tertiary/aromatic N) is 2. The normalized spacial score (nSPS) is 25.5. The molecule has 2 rings (SSSR count). The first kappa shape index (κ1) is 11.6. The van der Waals surface area contributed by atoms with Crippen LogP contribution < -0.4 is 0 Å². The number of piperidine rings is 1. The van der Waals surface area contributed by atoms with E-state index in [-0.39, 0.29) is 5.91 Å². The first-order valence-corrected chi connectivity index (χ1v) is 6.43. The van der Waals surface area contributed by atoms with E-state index in [4.69, 9.17) is 0 Å². The second-order valence-corrected chi connectivity index (χ2v) is 5.45. The van der Waals surface area contributed by atoms with Crippen molar-refractivity contribution < 1.29 is 4.79 Å². The molecular weight excluding hydrogens is 268 g/mol. The van der Waals surface area contributed by atoms with Gasteiger partial charge in [-0.3, -0.25) is 9.78 Å². The molecule has 0 radical (unpaired) electrons. The van der Waals surface area contributed by atoms with E-state index in [1.807, 2.05) is 4.90 Å². The van der Waals surface area contributed by atoms with Crippen LogP contribution in [0.4, 0.5) is 0 Å². The molecule has 2 heterocycles. The van der Waals surface area contributed by atoms with Crippen LogP contribution in [0.2, 0.25) is 0 Å². The predicted molar refractivity (Wildman–Crippen MR) is 66.6 cm³/mol. The maximum atomic E-state index is 12.1. The number of hydrogen-bond acceptors (Lipinski definition) is 2. The van der Waals surface area contributed by atoms with Gasteiger partial charge >= 0.3 is 0 Å².